The molecule has 0 aromatic heterocycles. The van der Waals surface area contributed by atoms with Gasteiger partial charge in [0, 0.05) is 19.7 Å². The fourth-order valence-corrected chi connectivity index (χ4v) is 3.25. The van der Waals surface area contributed by atoms with Crippen molar-refractivity contribution in [2.24, 2.45) is 0 Å². The highest BCUT2D eigenvalue weighted by atomic mass is 32.2. The third kappa shape index (κ3) is 5.38. The Morgan fingerprint density at radius 3 is 2.42 bits per heavy atom. The zero-order valence-electron chi connectivity index (χ0n) is 14.7. The Balaban J connectivity index is 2.78. The zero-order chi connectivity index (χ0) is 18.2. The monoisotopic (exact) mass is 358 g/mol. The van der Waals surface area contributed by atoms with E-state index in [4.69, 9.17) is 9.47 Å². The van der Waals surface area contributed by atoms with Gasteiger partial charge in [-0.3, -0.25) is 4.79 Å². The van der Waals surface area contributed by atoms with E-state index in [1.54, 1.807) is 0 Å². The first-order valence-electron chi connectivity index (χ1n) is 7.81. The van der Waals surface area contributed by atoms with Gasteiger partial charge in [0.2, 0.25) is 15.9 Å². The van der Waals surface area contributed by atoms with E-state index < -0.39 is 10.0 Å². The van der Waals surface area contributed by atoms with E-state index in [0.717, 1.165) is 23.6 Å². The van der Waals surface area contributed by atoms with Crippen LogP contribution in [0.25, 0.3) is 0 Å². The molecule has 1 aromatic carbocycles. The second kappa shape index (κ2) is 9.48. The van der Waals surface area contributed by atoms with Crippen LogP contribution in [0.2, 0.25) is 0 Å². The second-order valence-electron chi connectivity index (χ2n) is 5.33. The molecule has 0 aliphatic carbocycles. The summed E-state index contributed by atoms with van der Waals surface area (Å²) in [4.78, 5) is 11.9. The first kappa shape index (κ1) is 20.2. The highest BCUT2D eigenvalue weighted by molar-refractivity contribution is 7.89. The molecule has 0 aliphatic heterocycles. The van der Waals surface area contributed by atoms with Crippen molar-refractivity contribution in [2.45, 2.75) is 31.1 Å². The number of methoxy groups -OCH3 is 2. The number of sulfonamides is 1. The lowest BCUT2D eigenvalue weighted by atomic mass is 10.2. The number of carbonyl (C=O) groups is 1. The van der Waals surface area contributed by atoms with Crippen LogP contribution in [0, 0.1) is 0 Å². The number of nitrogens with zero attached hydrogens (tertiary/aromatic N) is 1. The average Bonchev–Trinajstić information content (AvgIpc) is 2.57. The summed E-state index contributed by atoms with van der Waals surface area (Å²) in [6.07, 6.45) is 2.97. The maximum absolute atomic E-state index is 12.6. The highest BCUT2D eigenvalue weighted by Crippen LogP contribution is 2.30. The van der Waals surface area contributed by atoms with E-state index in [1.807, 2.05) is 0 Å². The predicted octanol–water partition coefficient (Wildman–Crippen LogP) is 1.63. The number of hydrogen-bond acceptors (Lipinski definition) is 5. The van der Waals surface area contributed by atoms with Gasteiger partial charge in [0.15, 0.2) is 11.5 Å². The van der Waals surface area contributed by atoms with Crippen LogP contribution >= 0.6 is 0 Å². The average molecular weight is 358 g/mol. The summed E-state index contributed by atoms with van der Waals surface area (Å²) in [5.41, 5.74) is 0. The van der Waals surface area contributed by atoms with Crippen LogP contribution in [-0.4, -0.2) is 53.0 Å². The smallest absolute Gasteiger partial charge is 0.243 e. The molecule has 0 fully saturated rings. The molecule has 0 aliphatic rings. The molecule has 24 heavy (non-hydrogen) atoms. The maximum Gasteiger partial charge on any atom is 0.243 e. The maximum atomic E-state index is 12.6. The zero-order valence-corrected chi connectivity index (χ0v) is 15.5. The molecule has 0 saturated heterocycles. The van der Waals surface area contributed by atoms with Crippen molar-refractivity contribution in [1.82, 2.24) is 9.62 Å². The molecule has 136 valence electrons. The lowest BCUT2D eigenvalue weighted by molar-refractivity contribution is -0.121. The first-order valence-corrected chi connectivity index (χ1v) is 9.25. The minimum Gasteiger partial charge on any atom is -0.493 e. The summed E-state index contributed by atoms with van der Waals surface area (Å²) >= 11 is 0. The SMILES string of the molecule is CCCCCNC(=O)CN(C)S(=O)(=O)c1ccc(OC)c(OC)c1. The molecule has 1 N–H and O–H groups in total. The molecule has 0 radical (unpaired) electrons. The van der Waals surface area contributed by atoms with Crippen molar-refractivity contribution in [2.75, 3.05) is 34.4 Å². The second-order valence-corrected chi connectivity index (χ2v) is 7.38. The Labute approximate surface area is 144 Å². The normalized spacial score (nSPS) is 11.4. The van der Waals surface area contributed by atoms with Crippen molar-refractivity contribution >= 4 is 15.9 Å². The molecule has 0 bridgehead atoms. The Morgan fingerprint density at radius 2 is 1.83 bits per heavy atom. The molecule has 0 heterocycles. The first-order chi connectivity index (χ1) is 11.4. The van der Waals surface area contributed by atoms with E-state index in [-0.39, 0.29) is 17.3 Å². The number of hydrogen-bond donors (Lipinski definition) is 1. The molecule has 0 spiro atoms. The number of unbranched alkanes of at least 4 members (excludes halogenated alkanes) is 2. The van der Waals surface area contributed by atoms with Gasteiger partial charge in [-0.05, 0) is 18.6 Å². The summed E-state index contributed by atoms with van der Waals surface area (Å²) in [7, 11) is 0.488. The van der Waals surface area contributed by atoms with Gasteiger partial charge in [0.25, 0.3) is 0 Å². The third-order valence-corrected chi connectivity index (χ3v) is 5.33. The van der Waals surface area contributed by atoms with Crippen LogP contribution in [0.1, 0.15) is 26.2 Å². The van der Waals surface area contributed by atoms with E-state index in [1.165, 1.54) is 39.5 Å². The van der Waals surface area contributed by atoms with Crippen LogP contribution in [0.5, 0.6) is 11.5 Å². The van der Waals surface area contributed by atoms with Crippen molar-refractivity contribution in [1.29, 1.82) is 0 Å². The lowest BCUT2D eigenvalue weighted by Gasteiger charge is -2.18. The molecular weight excluding hydrogens is 332 g/mol. The Morgan fingerprint density at radius 1 is 1.17 bits per heavy atom. The fourth-order valence-electron chi connectivity index (χ4n) is 2.10. The Kier molecular flexibility index (Phi) is 8.00. The van der Waals surface area contributed by atoms with Crippen molar-refractivity contribution < 1.29 is 22.7 Å². The van der Waals surface area contributed by atoms with E-state index in [9.17, 15) is 13.2 Å². The minimum atomic E-state index is -3.79. The number of rotatable bonds is 10. The highest BCUT2D eigenvalue weighted by Gasteiger charge is 2.24. The molecule has 8 heteroatoms. The van der Waals surface area contributed by atoms with Gasteiger partial charge in [0.1, 0.15) is 0 Å². The van der Waals surface area contributed by atoms with Crippen molar-refractivity contribution in [3.8, 4) is 11.5 Å². The molecule has 1 rings (SSSR count). The number of nitrogens with one attached hydrogen (secondary N) is 1. The summed E-state index contributed by atoms with van der Waals surface area (Å²) in [5.74, 6) is 0.432. The summed E-state index contributed by atoms with van der Waals surface area (Å²) in [5, 5.41) is 2.72. The van der Waals surface area contributed by atoms with Gasteiger partial charge in [-0.25, -0.2) is 8.42 Å². The van der Waals surface area contributed by atoms with Crippen LogP contribution in [-0.2, 0) is 14.8 Å². The standard InChI is InChI=1S/C16H26N2O5S/c1-5-6-7-10-17-16(19)12-18(2)24(20,21)13-8-9-14(22-3)15(11-13)23-4/h8-9,11H,5-7,10,12H2,1-4H3,(H,17,19). The minimum absolute atomic E-state index is 0.0430. The number of carbonyl (C=O) groups excluding carboxylic acids is 1. The van der Waals surface area contributed by atoms with Crippen molar-refractivity contribution in [3.05, 3.63) is 18.2 Å². The van der Waals surface area contributed by atoms with Crippen molar-refractivity contribution in [3.63, 3.8) is 0 Å². The number of amides is 1. The number of likely N-dealkylation sites (N-methyl/N-ethyl adjacent to an activating group) is 1. The van der Waals surface area contributed by atoms with Gasteiger partial charge < -0.3 is 14.8 Å². The van der Waals surface area contributed by atoms with Gasteiger partial charge in [-0.15, -0.1) is 0 Å². The Bertz CT molecular complexity index is 646. The molecule has 0 unspecified atom stereocenters. The van der Waals surface area contributed by atoms with E-state index in [0.29, 0.717) is 18.0 Å². The van der Waals surface area contributed by atoms with Crippen LogP contribution in [0.15, 0.2) is 23.1 Å². The summed E-state index contributed by atoms with van der Waals surface area (Å²) < 4.78 is 36.4. The predicted molar refractivity (Wildman–Crippen MR) is 91.9 cm³/mol. The molecule has 0 atom stereocenters. The lowest BCUT2D eigenvalue weighted by Crippen LogP contribution is -2.38. The third-order valence-electron chi connectivity index (χ3n) is 3.53. The molecular formula is C16H26N2O5S. The summed E-state index contributed by atoms with van der Waals surface area (Å²) in [6, 6.07) is 4.32. The topological polar surface area (TPSA) is 84.9 Å². The number of benzene rings is 1. The van der Waals surface area contributed by atoms with Gasteiger partial charge in [-0.2, -0.15) is 4.31 Å². The molecule has 1 aromatic rings. The van der Waals surface area contributed by atoms with Crippen LogP contribution in [0.4, 0.5) is 0 Å². The molecule has 1 amide bonds. The van der Waals surface area contributed by atoms with Gasteiger partial charge in [-0.1, -0.05) is 19.8 Å². The van der Waals surface area contributed by atoms with Crippen LogP contribution in [0.3, 0.4) is 0 Å². The van der Waals surface area contributed by atoms with E-state index >= 15 is 0 Å². The Hall–Kier alpha value is -1.80. The summed E-state index contributed by atoms with van der Waals surface area (Å²) in [6.45, 7) is 2.39. The largest absolute Gasteiger partial charge is 0.493 e. The van der Waals surface area contributed by atoms with Gasteiger partial charge >= 0.3 is 0 Å². The molecule has 7 nitrogen and oxygen atoms in total. The van der Waals surface area contributed by atoms with Crippen LogP contribution < -0.4 is 14.8 Å². The quantitative estimate of drug-likeness (QED) is 0.643. The van der Waals surface area contributed by atoms with E-state index in [2.05, 4.69) is 12.2 Å². The molecule has 0 saturated carbocycles. The van der Waals surface area contributed by atoms with Gasteiger partial charge in [0.05, 0.1) is 25.7 Å². The fraction of sp³-hybridized carbons (Fsp3) is 0.562. The number of ether oxygens (including phenoxy) is 2.